The van der Waals surface area contributed by atoms with Crippen LogP contribution >= 0.6 is 0 Å². The molecule has 1 fully saturated rings. The van der Waals surface area contributed by atoms with E-state index in [2.05, 4.69) is 26.4 Å². The summed E-state index contributed by atoms with van der Waals surface area (Å²) in [6.45, 7) is 3.58. The Morgan fingerprint density at radius 3 is 2.96 bits per heavy atom. The second kappa shape index (κ2) is 6.84. The Bertz CT molecular complexity index is 671. The Morgan fingerprint density at radius 2 is 2.22 bits per heavy atom. The quantitative estimate of drug-likeness (QED) is 0.748. The van der Waals surface area contributed by atoms with E-state index in [0.717, 1.165) is 17.9 Å². The fourth-order valence-electron chi connectivity index (χ4n) is 2.70. The lowest BCUT2D eigenvalue weighted by Gasteiger charge is -2.18. The third-order valence-electron chi connectivity index (χ3n) is 4.00. The Morgan fingerprint density at radius 1 is 1.43 bits per heavy atom. The summed E-state index contributed by atoms with van der Waals surface area (Å²) in [5.41, 5.74) is 6.94. The highest BCUT2D eigenvalue weighted by atomic mass is 19.1. The van der Waals surface area contributed by atoms with Crippen molar-refractivity contribution in [2.45, 2.75) is 26.1 Å². The molecule has 2 aromatic rings. The topological polar surface area (TPSA) is 83.9 Å². The van der Waals surface area contributed by atoms with Crippen LogP contribution < -0.4 is 16.2 Å². The first-order chi connectivity index (χ1) is 11.2. The number of benzene rings is 1. The molecule has 23 heavy (non-hydrogen) atoms. The number of halogens is 1. The first-order valence-electron chi connectivity index (χ1n) is 7.57. The van der Waals surface area contributed by atoms with E-state index in [1.165, 1.54) is 12.1 Å². The molecule has 0 bridgehead atoms. The van der Waals surface area contributed by atoms with Crippen molar-refractivity contribution in [2.24, 2.45) is 5.92 Å². The average molecular weight is 318 g/mol. The summed E-state index contributed by atoms with van der Waals surface area (Å²) in [7, 11) is 0. The molecule has 0 aliphatic carbocycles. The van der Waals surface area contributed by atoms with E-state index in [4.69, 9.17) is 0 Å². The predicted molar refractivity (Wildman–Crippen MR) is 81.3 cm³/mol. The van der Waals surface area contributed by atoms with Crippen molar-refractivity contribution in [1.82, 2.24) is 30.9 Å². The van der Waals surface area contributed by atoms with Crippen molar-refractivity contribution in [3.05, 3.63) is 47.8 Å². The van der Waals surface area contributed by atoms with Crippen molar-refractivity contribution in [1.29, 1.82) is 0 Å². The molecule has 8 heteroatoms. The van der Waals surface area contributed by atoms with Gasteiger partial charge in [0.25, 0.3) is 0 Å². The number of aryl methyl sites for hydroxylation is 1. The van der Waals surface area contributed by atoms with Crippen LogP contribution in [0, 0.1) is 11.7 Å². The number of hydrazine groups is 1. The predicted octanol–water partition coefficient (Wildman–Crippen LogP) is 0.519. The zero-order valence-corrected chi connectivity index (χ0v) is 12.8. The van der Waals surface area contributed by atoms with Crippen LogP contribution in [0.15, 0.2) is 30.6 Å². The normalized spacial score (nSPS) is 20.6. The van der Waals surface area contributed by atoms with Crippen molar-refractivity contribution in [3.8, 4) is 0 Å². The van der Waals surface area contributed by atoms with E-state index in [0.29, 0.717) is 13.1 Å². The highest BCUT2D eigenvalue weighted by Crippen LogP contribution is 2.25. The highest BCUT2D eigenvalue weighted by molar-refractivity contribution is 5.80. The molecule has 1 saturated heterocycles. The molecule has 122 valence electrons. The zero-order valence-electron chi connectivity index (χ0n) is 12.8. The van der Waals surface area contributed by atoms with Crippen molar-refractivity contribution in [2.75, 3.05) is 6.54 Å². The maximum absolute atomic E-state index is 13.0. The van der Waals surface area contributed by atoms with Crippen LogP contribution in [0.4, 0.5) is 4.39 Å². The number of rotatable bonds is 5. The summed E-state index contributed by atoms with van der Waals surface area (Å²) in [6, 6.07) is 5.98. The maximum Gasteiger partial charge on any atom is 0.226 e. The van der Waals surface area contributed by atoms with Gasteiger partial charge in [-0.1, -0.05) is 12.1 Å². The highest BCUT2D eigenvalue weighted by Gasteiger charge is 2.33. The Balaban J connectivity index is 1.65. The molecule has 1 aromatic heterocycles. The molecule has 2 unspecified atom stereocenters. The lowest BCUT2D eigenvalue weighted by molar-refractivity contribution is -0.125. The summed E-state index contributed by atoms with van der Waals surface area (Å²) in [6.07, 6.45) is 1.64. The van der Waals surface area contributed by atoms with E-state index >= 15 is 0 Å². The molecular formula is C15H19FN6O. The largest absolute Gasteiger partial charge is 0.348 e. The average Bonchev–Trinajstić information content (AvgIpc) is 3.22. The van der Waals surface area contributed by atoms with Gasteiger partial charge < -0.3 is 9.88 Å². The molecule has 0 saturated carbocycles. The SMILES string of the molecule is CCn1cnnc1CNC(=O)C1CNNC1c1ccc(F)cc1. The fourth-order valence-corrected chi connectivity index (χ4v) is 2.70. The molecule has 1 aliphatic rings. The fraction of sp³-hybridized carbons (Fsp3) is 0.400. The summed E-state index contributed by atoms with van der Waals surface area (Å²) < 4.78 is 14.9. The summed E-state index contributed by atoms with van der Waals surface area (Å²) in [5, 5.41) is 10.7. The monoisotopic (exact) mass is 318 g/mol. The van der Waals surface area contributed by atoms with Gasteiger partial charge in [0.05, 0.1) is 18.5 Å². The van der Waals surface area contributed by atoms with E-state index in [1.54, 1.807) is 18.5 Å². The van der Waals surface area contributed by atoms with Crippen molar-refractivity contribution >= 4 is 5.91 Å². The molecule has 0 spiro atoms. The number of carbonyl (C=O) groups excluding carboxylic acids is 1. The minimum absolute atomic E-state index is 0.0810. The van der Waals surface area contributed by atoms with Gasteiger partial charge in [0.2, 0.25) is 5.91 Å². The molecule has 1 amide bonds. The van der Waals surface area contributed by atoms with Gasteiger partial charge >= 0.3 is 0 Å². The van der Waals surface area contributed by atoms with Gasteiger partial charge in [0.1, 0.15) is 12.1 Å². The van der Waals surface area contributed by atoms with Crippen LogP contribution in [0.25, 0.3) is 0 Å². The minimum Gasteiger partial charge on any atom is -0.348 e. The Hall–Kier alpha value is -2.32. The molecule has 1 aliphatic heterocycles. The molecule has 2 atom stereocenters. The zero-order chi connectivity index (χ0) is 16.2. The molecule has 7 nitrogen and oxygen atoms in total. The van der Waals surface area contributed by atoms with Gasteiger partial charge in [-0.05, 0) is 24.6 Å². The van der Waals surface area contributed by atoms with Gasteiger partial charge in [-0.2, -0.15) is 0 Å². The number of nitrogens with one attached hydrogen (secondary N) is 3. The van der Waals surface area contributed by atoms with E-state index in [1.807, 2.05) is 11.5 Å². The molecule has 1 aromatic carbocycles. The number of hydrogen-bond donors (Lipinski definition) is 3. The Kier molecular flexibility index (Phi) is 4.63. The van der Waals surface area contributed by atoms with Crippen LogP contribution in [0.3, 0.4) is 0 Å². The molecular weight excluding hydrogens is 299 g/mol. The minimum atomic E-state index is -0.292. The van der Waals surface area contributed by atoms with Gasteiger partial charge in [-0.25, -0.2) is 9.82 Å². The number of carbonyl (C=O) groups is 1. The lowest BCUT2D eigenvalue weighted by Crippen LogP contribution is -2.35. The standard InChI is InChI=1S/C15H19FN6O/c1-2-22-9-19-20-13(22)8-17-15(23)12-7-18-21-14(12)10-3-5-11(16)6-4-10/h3-6,9,12,14,18,21H,2,7-8H2,1H3,(H,17,23). The summed E-state index contributed by atoms with van der Waals surface area (Å²) in [5.74, 6) is 0.0682. The number of nitrogens with zero attached hydrogens (tertiary/aromatic N) is 3. The number of aromatic nitrogens is 3. The van der Waals surface area contributed by atoms with Gasteiger partial charge in [-0.3, -0.25) is 10.2 Å². The summed E-state index contributed by atoms with van der Waals surface area (Å²) in [4.78, 5) is 12.5. The molecule has 2 heterocycles. The van der Waals surface area contributed by atoms with Crippen LogP contribution in [0.5, 0.6) is 0 Å². The Labute approximate surface area is 133 Å². The van der Waals surface area contributed by atoms with Gasteiger partial charge in [-0.15, -0.1) is 10.2 Å². The molecule has 3 N–H and O–H groups in total. The summed E-state index contributed by atoms with van der Waals surface area (Å²) >= 11 is 0. The van der Waals surface area contributed by atoms with Crippen LogP contribution in [-0.4, -0.2) is 27.2 Å². The van der Waals surface area contributed by atoms with Crippen LogP contribution in [-0.2, 0) is 17.9 Å². The van der Waals surface area contributed by atoms with E-state index in [-0.39, 0.29) is 23.7 Å². The van der Waals surface area contributed by atoms with Crippen molar-refractivity contribution in [3.63, 3.8) is 0 Å². The molecule has 3 rings (SSSR count). The first-order valence-corrected chi connectivity index (χ1v) is 7.57. The van der Waals surface area contributed by atoms with E-state index in [9.17, 15) is 9.18 Å². The van der Waals surface area contributed by atoms with Gasteiger partial charge in [0, 0.05) is 13.1 Å². The van der Waals surface area contributed by atoms with Crippen LogP contribution in [0.2, 0.25) is 0 Å². The van der Waals surface area contributed by atoms with Gasteiger partial charge in [0.15, 0.2) is 5.82 Å². The number of amides is 1. The smallest absolute Gasteiger partial charge is 0.226 e. The second-order valence-electron chi connectivity index (χ2n) is 5.41. The second-order valence-corrected chi connectivity index (χ2v) is 5.41. The third kappa shape index (κ3) is 3.38. The van der Waals surface area contributed by atoms with Crippen molar-refractivity contribution < 1.29 is 9.18 Å². The van der Waals surface area contributed by atoms with E-state index < -0.39 is 0 Å². The number of hydrogen-bond acceptors (Lipinski definition) is 5. The first kappa shape index (κ1) is 15.6. The maximum atomic E-state index is 13.0. The molecule has 0 radical (unpaired) electrons. The van der Waals surface area contributed by atoms with Crippen LogP contribution in [0.1, 0.15) is 24.4 Å². The lowest BCUT2D eigenvalue weighted by atomic mass is 9.94. The third-order valence-corrected chi connectivity index (χ3v) is 4.00.